The summed E-state index contributed by atoms with van der Waals surface area (Å²) in [5.74, 6) is 0. The van der Waals surface area contributed by atoms with Gasteiger partial charge in [0, 0.05) is 31.7 Å². The van der Waals surface area contributed by atoms with Gasteiger partial charge < -0.3 is 15.1 Å². The van der Waals surface area contributed by atoms with Crippen LogP contribution < -0.4 is 5.32 Å². The van der Waals surface area contributed by atoms with Crippen LogP contribution in [-0.4, -0.2) is 54.1 Å². The Labute approximate surface area is 103 Å². The SMILES string of the molecule is O=C(N1CCCC1)N(CC1CCCN1)C1CC1. The molecule has 1 N–H and O–H groups in total. The minimum absolute atomic E-state index is 0.304. The normalized spacial score (nSPS) is 28.7. The fourth-order valence-corrected chi connectivity index (χ4v) is 3.01. The standard InChI is InChI=1S/C13H23N3O/c17-13(15-8-1-2-9-15)16(12-5-6-12)10-11-4-3-7-14-11/h11-12,14H,1-10H2. The Morgan fingerprint density at radius 3 is 2.53 bits per heavy atom. The van der Waals surface area contributed by atoms with Gasteiger partial charge in [0.15, 0.2) is 0 Å². The van der Waals surface area contributed by atoms with Crippen LogP contribution >= 0.6 is 0 Å². The molecule has 1 aliphatic carbocycles. The van der Waals surface area contributed by atoms with Gasteiger partial charge in [0.05, 0.1) is 0 Å². The maximum atomic E-state index is 12.4. The fourth-order valence-electron chi connectivity index (χ4n) is 3.01. The Hall–Kier alpha value is -0.770. The second-order valence-electron chi connectivity index (χ2n) is 5.65. The van der Waals surface area contributed by atoms with E-state index in [9.17, 15) is 4.79 Å². The maximum Gasteiger partial charge on any atom is 0.320 e. The molecule has 1 unspecified atom stereocenters. The van der Waals surface area contributed by atoms with Gasteiger partial charge in [-0.3, -0.25) is 0 Å². The molecule has 0 spiro atoms. The number of carbonyl (C=O) groups excluding carboxylic acids is 1. The highest BCUT2D eigenvalue weighted by molar-refractivity contribution is 5.75. The van der Waals surface area contributed by atoms with Gasteiger partial charge in [0.1, 0.15) is 0 Å². The molecule has 4 heteroatoms. The zero-order chi connectivity index (χ0) is 11.7. The molecule has 3 rings (SSSR count). The molecule has 0 bridgehead atoms. The Balaban J connectivity index is 1.60. The van der Waals surface area contributed by atoms with Gasteiger partial charge in [-0.25, -0.2) is 4.79 Å². The van der Waals surface area contributed by atoms with Crippen molar-refractivity contribution in [2.75, 3.05) is 26.2 Å². The van der Waals surface area contributed by atoms with Gasteiger partial charge in [-0.1, -0.05) is 0 Å². The lowest BCUT2D eigenvalue weighted by atomic mass is 10.2. The minimum Gasteiger partial charge on any atom is -0.325 e. The van der Waals surface area contributed by atoms with Gasteiger partial charge in [0.25, 0.3) is 0 Å². The Kier molecular flexibility index (Phi) is 3.23. The third-order valence-electron chi connectivity index (χ3n) is 4.19. The zero-order valence-corrected chi connectivity index (χ0v) is 10.5. The molecule has 1 atom stereocenters. The molecule has 2 aliphatic heterocycles. The van der Waals surface area contributed by atoms with E-state index in [0.717, 1.165) is 26.2 Å². The first-order chi connectivity index (χ1) is 8.34. The van der Waals surface area contributed by atoms with E-state index in [4.69, 9.17) is 0 Å². The summed E-state index contributed by atoms with van der Waals surface area (Å²) in [5, 5.41) is 3.50. The van der Waals surface area contributed by atoms with Crippen molar-refractivity contribution in [3.8, 4) is 0 Å². The number of rotatable bonds is 3. The highest BCUT2D eigenvalue weighted by Crippen LogP contribution is 2.29. The third kappa shape index (κ3) is 2.57. The molecular formula is C13H23N3O. The number of nitrogens with zero attached hydrogens (tertiary/aromatic N) is 2. The van der Waals surface area contributed by atoms with E-state index in [2.05, 4.69) is 10.2 Å². The fraction of sp³-hybridized carbons (Fsp3) is 0.923. The molecular weight excluding hydrogens is 214 g/mol. The molecule has 17 heavy (non-hydrogen) atoms. The van der Waals surface area contributed by atoms with Gasteiger partial charge in [-0.05, 0) is 45.1 Å². The third-order valence-corrected chi connectivity index (χ3v) is 4.19. The number of hydrogen-bond donors (Lipinski definition) is 1. The molecule has 0 aromatic heterocycles. The van der Waals surface area contributed by atoms with E-state index in [1.807, 2.05) is 4.90 Å². The number of amides is 2. The van der Waals surface area contributed by atoms with E-state index in [1.54, 1.807) is 0 Å². The van der Waals surface area contributed by atoms with Gasteiger partial charge in [0.2, 0.25) is 0 Å². The van der Waals surface area contributed by atoms with Crippen molar-refractivity contribution in [3.05, 3.63) is 0 Å². The molecule has 96 valence electrons. The van der Waals surface area contributed by atoms with E-state index in [0.29, 0.717) is 18.1 Å². The van der Waals surface area contributed by atoms with Gasteiger partial charge >= 0.3 is 6.03 Å². The summed E-state index contributed by atoms with van der Waals surface area (Å²) in [6.45, 7) is 4.00. The number of likely N-dealkylation sites (tertiary alicyclic amines) is 1. The summed E-state index contributed by atoms with van der Waals surface area (Å²) >= 11 is 0. The van der Waals surface area contributed by atoms with Crippen LogP contribution in [0.3, 0.4) is 0 Å². The first kappa shape index (κ1) is 11.3. The van der Waals surface area contributed by atoms with Gasteiger partial charge in [-0.2, -0.15) is 0 Å². The molecule has 2 saturated heterocycles. The van der Waals surface area contributed by atoms with Crippen LogP contribution in [0.5, 0.6) is 0 Å². The zero-order valence-electron chi connectivity index (χ0n) is 10.5. The van der Waals surface area contributed by atoms with Crippen molar-refractivity contribution in [1.82, 2.24) is 15.1 Å². The second-order valence-corrected chi connectivity index (χ2v) is 5.65. The van der Waals surface area contributed by atoms with Crippen LogP contribution in [0.25, 0.3) is 0 Å². The monoisotopic (exact) mass is 237 g/mol. The van der Waals surface area contributed by atoms with Crippen molar-refractivity contribution < 1.29 is 4.79 Å². The highest BCUT2D eigenvalue weighted by Gasteiger charge is 2.37. The summed E-state index contributed by atoms with van der Waals surface area (Å²) in [6, 6.07) is 1.39. The summed E-state index contributed by atoms with van der Waals surface area (Å²) in [5.41, 5.74) is 0. The number of hydrogen-bond acceptors (Lipinski definition) is 2. The first-order valence-electron chi connectivity index (χ1n) is 7.13. The van der Waals surface area contributed by atoms with E-state index in [-0.39, 0.29) is 0 Å². The first-order valence-corrected chi connectivity index (χ1v) is 7.13. The molecule has 1 saturated carbocycles. The Morgan fingerprint density at radius 1 is 1.18 bits per heavy atom. The molecule has 3 fully saturated rings. The van der Waals surface area contributed by atoms with E-state index >= 15 is 0 Å². The van der Waals surface area contributed by atoms with E-state index < -0.39 is 0 Å². The van der Waals surface area contributed by atoms with Crippen molar-refractivity contribution in [1.29, 1.82) is 0 Å². The molecule has 0 aromatic rings. The Morgan fingerprint density at radius 2 is 1.94 bits per heavy atom. The van der Waals surface area contributed by atoms with Crippen molar-refractivity contribution in [2.45, 2.75) is 50.6 Å². The summed E-state index contributed by atoms with van der Waals surface area (Å²) in [7, 11) is 0. The topological polar surface area (TPSA) is 35.6 Å². The van der Waals surface area contributed by atoms with Crippen LogP contribution in [0.1, 0.15) is 38.5 Å². The minimum atomic E-state index is 0.304. The lowest BCUT2D eigenvalue weighted by Gasteiger charge is -2.30. The Bertz CT molecular complexity index is 278. The highest BCUT2D eigenvalue weighted by atomic mass is 16.2. The summed E-state index contributed by atoms with van der Waals surface area (Å²) < 4.78 is 0. The average Bonchev–Trinajstić information content (AvgIpc) is 2.86. The maximum absolute atomic E-state index is 12.4. The van der Waals surface area contributed by atoms with Crippen molar-refractivity contribution in [2.24, 2.45) is 0 Å². The quantitative estimate of drug-likeness (QED) is 0.806. The van der Waals surface area contributed by atoms with Crippen molar-refractivity contribution >= 4 is 6.03 Å². The van der Waals surface area contributed by atoms with Crippen LogP contribution in [0.2, 0.25) is 0 Å². The second kappa shape index (κ2) is 4.84. The molecule has 0 aromatic carbocycles. The van der Waals surface area contributed by atoms with Crippen LogP contribution in [0.4, 0.5) is 4.79 Å². The number of carbonyl (C=O) groups is 1. The lowest BCUT2D eigenvalue weighted by Crippen LogP contribution is -2.48. The van der Waals surface area contributed by atoms with E-state index in [1.165, 1.54) is 38.5 Å². The van der Waals surface area contributed by atoms with Crippen LogP contribution in [-0.2, 0) is 0 Å². The van der Waals surface area contributed by atoms with Gasteiger partial charge in [-0.15, -0.1) is 0 Å². The molecule has 2 amide bonds. The molecule has 2 heterocycles. The van der Waals surface area contributed by atoms with Crippen LogP contribution in [0.15, 0.2) is 0 Å². The predicted molar refractivity (Wildman–Crippen MR) is 67.0 cm³/mol. The predicted octanol–water partition coefficient (Wildman–Crippen LogP) is 1.42. The smallest absolute Gasteiger partial charge is 0.320 e. The van der Waals surface area contributed by atoms with Crippen molar-refractivity contribution in [3.63, 3.8) is 0 Å². The number of nitrogens with one attached hydrogen (secondary N) is 1. The largest absolute Gasteiger partial charge is 0.325 e. The molecule has 4 nitrogen and oxygen atoms in total. The molecule has 3 aliphatic rings. The summed E-state index contributed by atoms with van der Waals surface area (Å²) in [4.78, 5) is 16.6. The number of urea groups is 1. The summed E-state index contributed by atoms with van der Waals surface area (Å²) in [6.07, 6.45) is 7.30. The van der Waals surface area contributed by atoms with Crippen LogP contribution in [0, 0.1) is 0 Å². The average molecular weight is 237 g/mol. The molecule has 0 radical (unpaired) electrons. The lowest BCUT2D eigenvalue weighted by molar-refractivity contribution is 0.154.